The van der Waals surface area contributed by atoms with Crippen LogP contribution in [0.1, 0.15) is 25.8 Å². The van der Waals surface area contributed by atoms with Gasteiger partial charge in [0, 0.05) is 18.1 Å². The highest BCUT2D eigenvalue weighted by atomic mass is 14.6. The summed E-state index contributed by atoms with van der Waals surface area (Å²) in [6, 6.07) is 4.02. The Morgan fingerprint density at radius 1 is 1.57 bits per heavy atom. The van der Waals surface area contributed by atoms with E-state index in [0.29, 0.717) is 5.71 Å². The molecule has 0 amide bonds. The van der Waals surface area contributed by atoms with Crippen molar-refractivity contribution >= 4 is 5.71 Å². The fraction of sp³-hybridized carbons (Fsp3) is 0.333. The van der Waals surface area contributed by atoms with Gasteiger partial charge in [0.05, 0.1) is 0 Å². The van der Waals surface area contributed by atoms with Crippen molar-refractivity contribution in [3.05, 3.63) is 41.7 Å². The molecule has 2 heteroatoms. The summed E-state index contributed by atoms with van der Waals surface area (Å²) in [5.74, 6) is 0. The fourth-order valence-electron chi connectivity index (χ4n) is 1.37. The number of aryl methyl sites for hydroxylation is 1. The lowest BCUT2D eigenvalue weighted by molar-refractivity contribution is 0.958. The van der Waals surface area contributed by atoms with Gasteiger partial charge in [0.25, 0.3) is 0 Å². The summed E-state index contributed by atoms with van der Waals surface area (Å²) in [6.07, 6.45) is 7.56. The molecule has 0 spiro atoms. The van der Waals surface area contributed by atoms with Crippen LogP contribution in [0, 0.1) is 5.41 Å². The number of rotatable bonds is 4. The van der Waals surface area contributed by atoms with Crippen molar-refractivity contribution in [2.45, 2.75) is 26.7 Å². The number of aromatic nitrogens is 1. The zero-order valence-electron chi connectivity index (χ0n) is 8.75. The topological polar surface area (TPSA) is 36.7 Å². The Hall–Kier alpha value is -1.44. The van der Waals surface area contributed by atoms with Crippen LogP contribution in [0.3, 0.4) is 0 Å². The van der Waals surface area contributed by atoms with Crippen LogP contribution in [0.2, 0.25) is 0 Å². The molecule has 0 unspecified atom stereocenters. The lowest BCUT2D eigenvalue weighted by Crippen LogP contribution is -1.97. The highest BCUT2D eigenvalue weighted by molar-refractivity contribution is 5.95. The molecule has 0 atom stereocenters. The summed E-state index contributed by atoms with van der Waals surface area (Å²) in [5, 5.41) is 7.53. The molecule has 0 saturated carbocycles. The van der Waals surface area contributed by atoms with E-state index < -0.39 is 0 Å². The molecule has 1 rings (SSSR count). The van der Waals surface area contributed by atoms with Gasteiger partial charge >= 0.3 is 0 Å². The van der Waals surface area contributed by atoms with E-state index >= 15 is 0 Å². The quantitative estimate of drug-likeness (QED) is 0.724. The first-order valence-corrected chi connectivity index (χ1v) is 4.83. The predicted octanol–water partition coefficient (Wildman–Crippen LogP) is 3.00. The second kappa shape index (κ2) is 5.32. The Labute approximate surface area is 85.2 Å². The van der Waals surface area contributed by atoms with Crippen molar-refractivity contribution in [3.63, 3.8) is 0 Å². The lowest BCUT2D eigenvalue weighted by Gasteiger charge is -2.04. The van der Waals surface area contributed by atoms with E-state index in [9.17, 15) is 0 Å². The standard InChI is InChI=1S/C12H16N2/c1-3-12(10(2)13)7-6-11-5-4-8-14-9-11/h3-5,8-9,13H,6-7H2,1-2H3/b12-3-,13-10?. The van der Waals surface area contributed by atoms with E-state index in [2.05, 4.69) is 11.1 Å². The molecule has 74 valence electrons. The number of hydrogen-bond donors (Lipinski definition) is 1. The molecule has 2 nitrogen and oxygen atoms in total. The number of nitrogens with one attached hydrogen (secondary N) is 1. The molecule has 1 N–H and O–H groups in total. The number of allylic oxidation sites excluding steroid dienone is 2. The van der Waals surface area contributed by atoms with Crippen LogP contribution in [0.5, 0.6) is 0 Å². The van der Waals surface area contributed by atoms with Gasteiger partial charge in [0.1, 0.15) is 0 Å². The molecular formula is C12H16N2. The van der Waals surface area contributed by atoms with Gasteiger partial charge in [-0.1, -0.05) is 12.1 Å². The van der Waals surface area contributed by atoms with Crippen LogP contribution in [0.25, 0.3) is 0 Å². The van der Waals surface area contributed by atoms with Crippen molar-refractivity contribution in [2.24, 2.45) is 0 Å². The van der Waals surface area contributed by atoms with Crippen LogP contribution >= 0.6 is 0 Å². The van der Waals surface area contributed by atoms with Gasteiger partial charge in [-0.2, -0.15) is 0 Å². The third kappa shape index (κ3) is 3.13. The van der Waals surface area contributed by atoms with Crippen molar-refractivity contribution in [2.75, 3.05) is 0 Å². The molecule has 0 aromatic carbocycles. The fourth-order valence-corrected chi connectivity index (χ4v) is 1.37. The molecule has 0 saturated heterocycles. The molecule has 0 fully saturated rings. The monoisotopic (exact) mass is 188 g/mol. The lowest BCUT2D eigenvalue weighted by atomic mass is 10.0. The first kappa shape index (κ1) is 10.6. The Morgan fingerprint density at radius 3 is 2.86 bits per heavy atom. The summed E-state index contributed by atoms with van der Waals surface area (Å²) in [6.45, 7) is 3.81. The maximum atomic E-state index is 7.53. The smallest absolute Gasteiger partial charge is 0.0311 e. The van der Waals surface area contributed by atoms with Crippen molar-refractivity contribution in [3.8, 4) is 0 Å². The molecule has 1 aromatic rings. The van der Waals surface area contributed by atoms with Gasteiger partial charge in [-0.25, -0.2) is 0 Å². The summed E-state index contributed by atoms with van der Waals surface area (Å²) < 4.78 is 0. The third-order valence-corrected chi connectivity index (χ3v) is 2.24. The largest absolute Gasteiger partial charge is 0.305 e. The van der Waals surface area contributed by atoms with Crippen LogP contribution in [0.4, 0.5) is 0 Å². The summed E-state index contributed by atoms with van der Waals surface area (Å²) in [4.78, 5) is 4.06. The van der Waals surface area contributed by atoms with Crippen LogP contribution in [0.15, 0.2) is 36.2 Å². The van der Waals surface area contributed by atoms with Crippen molar-refractivity contribution in [1.29, 1.82) is 5.41 Å². The molecule has 0 aliphatic heterocycles. The van der Waals surface area contributed by atoms with E-state index in [0.717, 1.165) is 18.4 Å². The van der Waals surface area contributed by atoms with Crippen LogP contribution < -0.4 is 0 Å². The van der Waals surface area contributed by atoms with Gasteiger partial charge in [-0.15, -0.1) is 0 Å². The normalized spacial score (nSPS) is 11.4. The number of hydrogen-bond acceptors (Lipinski definition) is 2. The minimum absolute atomic E-state index is 0.663. The molecule has 1 heterocycles. The van der Waals surface area contributed by atoms with Gasteiger partial charge in [-0.3, -0.25) is 4.98 Å². The average molecular weight is 188 g/mol. The summed E-state index contributed by atoms with van der Waals surface area (Å²) in [7, 11) is 0. The molecular weight excluding hydrogens is 172 g/mol. The maximum absolute atomic E-state index is 7.53. The van der Waals surface area contributed by atoms with Crippen LogP contribution in [-0.4, -0.2) is 10.7 Å². The average Bonchev–Trinajstić information content (AvgIpc) is 2.20. The Kier molecular flexibility index (Phi) is 4.05. The van der Waals surface area contributed by atoms with Crippen molar-refractivity contribution in [1.82, 2.24) is 4.98 Å². The minimum Gasteiger partial charge on any atom is -0.305 e. The molecule has 0 aliphatic rings. The van der Waals surface area contributed by atoms with Gasteiger partial charge < -0.3 is 5.41 Å². The zero-order valence-corrected chi connectivity index (χ0v) is 8.75. The molecule has 0 radical (unpaired) electrons. The highest BCUT2D eigenvalue weighted by Crippen LogP contribution is 2.09. The third-order valence-electron chi connectivity index (χ3n) is 2.24. The Balaban J connectivity index is 2.53. The summed E-state index contributed by atoms with van der Waals surface area (Å²) in [5.41, 5.74) is 3.01. The summed E-state index contributed by atoms with van der Waals surface area (Å²) >= 11 is 0. The predicted molar refractivity (Wildman–Crippen MR) is 59.7 cm³/mol. The first-order valence-electron chi connectivity index (χ1n) is 4.83. The van der Waals surface area contributed by atoms with E-state index in [-0.39, 0.29) is 0 Å². The van der Waals surface area contributed by atoms with E-state index in [4.69, 9.17) is 5.41 Å². The van der Waals surface area contributed by atoms with E-state index in [1.54, 1.807) is 6.20 Å². The van der Waals surface area contributed by atoms with Gasteiger partial charge in [0.2, 0.25) is 0 Å². The molecule has 1 aromatic heterocycles. The highest BCUT2D eigenvalue weighted by Gasteiger charge is 1.99. The number of pyridine rings is 1. The van der Waals surface area contributed by atoms with E-state index in [1.807, 2.05) is 32.2 Å². The van der Waals surface area contributed by atoms with Gasteiger partial charge in [-0.05, 0) is 43.9 Å². The number of nitrogens with zero attached hydrogens (tertiary/aromatic N) is 1. The minimum atomic E-state index is 0.663. The van der Waals surface area contributed by atoms with Gasteiger partial charge in [0.15, 0.2) is 0 Å². The maximum Gasteiger partial charge on any atom is 0.0311 e. The first-order chi connectivity index (χ1) is 6.74. The Morgan fingerprint density at radius 2 is 2.36 bits per heavy atom. The van der Waals surface area contributed by atoms with Crippen LogP contribution in [-0.2, 0) is 6.42 Å². The second-order valence-electron chi connectivity index (χ2n) is 3.30. The molecule has 0 aliphatic carbocycles. The SMILES string of the molecule is C/C=C(/CCc1cccnc1)C(C)=N. The van der Waals surface area contributed by atoms with E-state index in [1.165, 1.54) is 5.56 Å². The van der Waals surface area contributed by atoms with Crippen molar-refractivity contribution < 1.29 is 0 Å². The zero-order chi connectivity index (χ0) is 10.4. The Bertz CT molecular complexity index is 325. The second-order valence-corrected chi connectivity index (χ2v) is 3.30. The molecule has 0 bridgehead atoms. The molecule has 14 heavy (non-hydrogen) atoms.